The van der Waals surface area contributed by atoms with Crippen LogP contribution in [-0.4, -0.2) is 24.4 Å². The number of hydrogen-bond donors (Lipinski definition) is 1. The highest BCUT2D eigenvalue weighted by atomic mass is 16.2. The minimum absolute atomic E-state index is 0.0723. The molecule has 2 aromatic rings. The fraction of sp³-hybridized carbons (Fsp3) is 0.333. The van der Waals surface area contributed by atoms with E-state index in [1.165, 1.54) is 18.4 Å². The monoisotopic (exact) mass is 374 g/mol. The van der Waals surface area contributed by atoms with Crippen LogP contribution >= 0.6 is 0 Å². The number of allylic oxidation sites excluding steroid dienone is 1. The highest BCUT2D eigenvalue weighted by Gasteiger charge is 2.38. The molecule has 0 saturated carbocycles. The van der Waals surface area contributed by atoms with Crippen molar-refractivity contribution in [2.75, 3.05) is 11.4 Å². The maximum atomic E-state index is 13.2. The molecule has 2 aromatic carbocycles. The van der Waals surface area contributed by atoms with E-state index in [0.717, 1.165) is 30.5 Å². The first-order valence-corrected chi connectivity index (χ1v) is 10.2. The van der Waals surface area contributed by atoms with Gasteiger partial charge in [0.25, 0.3) is 5.91 Å². The lowest BCUT2D eigenvalue weighted by molar-refractivity contribution is -0.122. The van der Waals surface area contributed by atoms with Crippen molar-refractivity contribution >= 4 is 17.5 Å². The van der Waals surface area contributed by atoms with E-state index >= 15 is 0 Å². The van der Waals surface area contributed by atoms with Crippen molar-refractivity contribution in [3.05, 3.63) is 77.4 Å². The normalized spacial score (nSPS) is 18.4. The molecule has 1 unspecified atom stereocenters. The van der Waals surface area contributed by atoms with Crippen LogP contribution in [0.5, 0.6) is 0 Å². The lowest BCUT2D eigenvalue weighted by Crippen LogP contribution is -2.48. The average Bonchev–Trinajstić information content (AvgIpc) is 3.14. The van der Waals surface area contributed by atoms with Gasteiger partial charge in [-0.1, -0.05) is 48.0 Å². The molecule has 4 rings (SSSR count). The molecule has 0 aromatic heterocycles. The summed E-state index contributed by atoms with van der Waals surface area (Å²) in [5.41, 5.74) is 3.93. The number of anilines is 1. The molecule has 28 heavy (non-hydrogen) atoms. The summed E-state index contributed by atoms with van der Waals surface area (Å²) in [5.74, 6) is -0.197. The van der Waals surface area contributed by atoms with Crippen LogP contribution in [0.1, 0.15) is 48.0 Å². The second-order valence-electron chi connectivity index (χ2n) is 7.54. The number of nitrogens with one attached hydrogen (secondary N) is 1. The first-order valence-electron chi connectivity index (χ1n) is 10.2. The first-order chi connectivity index (χ1) is 13.7. The minimum atomic E-state index is -0.495. The van der Waals surface area contributed by atoms with Gasteiger partial charge >= 0.3 is 0 Å². The quantitative estimate of drug-likeness (QED) is 0.795. The van der Waals surface area contributed by atoms with Crippen LogP contribution in [0.15, 0.2) is 66.2 Å². The van der Waals surface area contributed by atoms with Crippen LogP contribution in [0.2, 0.25) is 0 Å². The number of benzene rings is 2. The van der Waals surface area contributed by atoms with Gasteiger partial charge in [0.05, 0.1) is 0 Å². The van der Waals surface area contributed by atoms with Crippen molar-refractivity contribution in [2.24, 2.45) is 0 Å². The van der Waals surface area contributed by atoms with E-state index in [4.69, 9.17) is 0 Å². The van der Waals surface area contributed by atoms with Crippen molar-refractivity contribution in [1.82, 2.24) is 5.32 Å². The Labute approximate surface area is 166 Å². The Kier molecular flexibility index (Phi) is 5.56. The Balaban J connectivity index is 1.49. The highest BCUT2D eigenvalue weighted by Crippen LogP contribution is 2.33. The molecule has 4 nitrogen and oxygen atoms in total. The van der Waals surface area contributed by atoms with Crippen molar-refractivity contribution in [3.8, 4) is 0 Å². The molecular weight excluding hydrogens is 348 g/mol. The number of carbonyl (C=O) groups excluding carboxylic acids is 2. The van der Waals surface area contributed by atoms with Gasteiger partial charge in [0.2, 0.25) is 5.91 Å². The molecule has 144 valence electrons. The predicted octanol–water partition coefficient (Wildman–Crippen LogP) is 4.26. The highest BCUT2D eigenvalue weighted by molar-refractivity contribution is 6.11. The van der Waals surface area contributed by atoms with E-state index in [2.05, 4.69) is 11.4 Å². The lowest BCUT2D eigenvalue weighted by Gasteiger charge is -2.25. The van der Waals surface area contributed by atoms with Gasteiger partial charge in [-0.15, -0.1) is 0 Å². The maximum Gasteiger partial charge on any atom is 0.259 e. The summed E-state index contributed by atoms with van der Waals surface area (Å²) < 4.78 is 0. The molecule has 1 aliphatic carbocycles. The molecule has 0 fully saturated rings. The number of amides is 2. The molecule has 2 amide bonds. The Bertz CT molecular complexity index is 888. The summed E-state index contributed by atoms with van der Waals surface area (Å²) in [6.07, 6.45) is 8.58. The third kappa shape index (κ3) is 3.86. The van der Waals surface area contributed by atoms with Crippen molar-refractivity contribution in [3.63, 3.8) is 0 Å². The van der Waals surface area contributed by atoms with E-state index in [9.17, 15) is 9.59 Å². The molecular formula is C24H26N2O2. The minimum Gasteiger partial charge on any atom is -0.354 e. The van der Waals surface area contributed by atoms with Gasteiger partial charge in [0.15, 0.2) is 0 Å². The third-order valence-corrected chi connectivity index (χ3v) is 5.65. The smallest absolute Gasteiger partial charge is 0.259 e. The zero-order valence-electron chi connectivity index (χ0n) is 16.1. The first kappa shape index (κ1) is 18.5. The topological polar surface area (TPSA) is 49.4 Å². The lowest BCUT2D eigenvalue weighted by atomic mass is 9.97. The Hall–Kier alpha value is -2.88. The van der Waals surface area contributed by atoms with Crippen molar-refractivity contribution < 1.29 is 9.59 Å². The Morgan fingerprint density at radius 1 is 1.00 bits per heavy atom. The second kappa shape index (κ2) is 8.42. The Morgan fingerprint density at radius 3 is 2.57 bits per heavy atom. The molecule has 0 radical (unpaired) electrons. The summed E-state index contributed by atoms with van der Waals surface area (Å²) in [6, 6.07) is 16.5. The fourth-order valence-electron chi connectivity index (χ4n) is 4.16. The van der Waals surface area contributed by atoms with Gasteiger partial charge in [-0.3, -0.25) is 14.5 Å². The molecule has 1 N–H and O–H groups in total. The van der Waals surface area contributed by atoms with Gasteiger partial charge in [0, 0.05) is 24.2 Å². The van der Waals surface area contributed by atoms with Crippen molar-refractivity contribution in [1.29, 1.82) is 0 Å². The molecule has 0 spiro atoms. The molecule has 1 atom stereocenters. The summed E-state index contributed by atoms with van der Waals surface area (Å²) in [4.78, 5) is 27.8. The van der Waals surface area contributed by atoms with Gasteiger partial charge in [-0.25, -0.2) is 0 Å². The summed E-state index contributed by atoms with van der Waals surface area (Å²) >= 11 is 0. The Morgan fingerprint density at radius 2 is 1.79 bits per heavy atom. The van der Waals surface area contributed by atoms with Crippen LogP contribution in [-0.2, 0) is 11.2 Å². The van der Waals surface area contributed by atoms with Crippen molar-refractivity contribution in [2.45, 2.75) is 44.6 Å². The maximum absolute atomic E-state index is 13.2. The summed E-state index contributed by atoms with van der Waals surface area (Å²) in [5, 5.41) is 3.07. The number of hydrogen-bond acceptors (Lipinski definition) is 2. The van der Waals surface area contributed by atoms with Gasteiger partial charge in [0.1, 0.15) is 6.04 Å². The second-order valence-corrected chi connectivity index (χ2v) is 7.54. The molecule has 1 aliphatic heterocycles. The molecule has 4 heteroatoms. The van der Waals surface area contributed by atoms with Crippen LogP contribution < -0.4 is 10.2 Å². The summed E-state index contributed by atoms with van der Waals surface area (Å²) in [7, 11) is 0. The molecule has 2 aliphatic rings. The third-order valence-electron chi connectivity index (χ3n) is 5.65. The van der Waals surface area contributed by atoms with E-state index in [-0.39, 0.29) is 11.8 Å². The molecule has 0 saturated heterocycles. The van der Waals surface area contributed by atoms with E-state index in [0.29, 0.717) is 18.5 Å². The summed E-state index contributed by atoms with van der Waals surface area (Å²) in [6.45, 7) is 0.630. The van der Waals surface area contributed by atoms with Crippen LogP contribution in [0.4, 0.5) is 5.69 Å². The van der Waals surface area contributed by atoms with E-state index in [1.54, 1.807) is 17.0 Å². The predicted molar refractivity (Wildman–Crippen MR) is 111 cm³/mol. The number of carbonyl (C=O) groups is 2. The molecule has 1 heterocycles. The zero-order chi connectivity index (χ0) is 19.3. The number of rotatable bonds is 5. The van der Waals surface area contributed by atoms with Crippen LogP contribution in [0.3, 0.4) is 0 Å². The van der Waals surface area contributed by atoms with Crippen LogP contribution in [0, 0.1) is 0 Å². The molecule has 0 bridgehead atoms. The zero-order valence-corrected chi connectivity index (χ0v) is 16.1. The SMILES string of the molecule is O=C(NCCC1=CCCCC1)C1Cc2ccccc2N1C(=O)c1ccccc1. The van der Waals surface area contributed by atoms with Gasteiger partial charge in [-0.2, -0.15) is 0 Å². The number of para-hydroxylation sites is 1. The van der Waals surface area contributed by atoms with Gasteiger partial charge in [-0.05, 0) is 55.9 Å². The fourth-order valence-corrected chi connectivity index (χ4v) is 4.16. The van der Waals surface area contributed by atoms with E-state index < -0.39 is 6.04 Å². The number of fused-ring (bicyclic) bond motifs is 1. The standard InChI is InChI=1S/C24H26N2O2/c27-23(25-16-15-18-9-3-1-4-10-18)22-17-20-13-7-8-14-21(20)26(22)24(28)19-11-5-2-6-12-19/h2,5-9,11-14,22H,1,3-4,10,15-17H2,(H,25,27). The van der Waals surface area contributed by atoms with Gasteiger partial charge < -0.3 is 5.32 Å². The van der Waals surface area contributed by atoms with Crippen LogP contribution in [0.25, 0.3) is 0 Å². The average molecular weight is 374 g/mol. The van der Waals surface area contributed by atoms with E-state index in [1.807, 2.05) is 42.5 Å². The largest absolute Gasteiger partial charge is 0.354 e. The number of nitrogens with zero attached hydrogens (tertiary/aromatic N) is 1.